The number of nitrogens with two attached hydrogens (primary N) is 1. The number of halogens is 1. The van der Waals surface area contributed by atoms with Gasteiger partial charge in [-0.2, -0.15) is 4.98 Å². The third kappa shape index (κ3) is 2.82. The van der Waals surface area contributed by atoms with Gasteiger partial charge >= 0.3 is 5.69 Å². The Hall–Kier alpha value is -1.73. The number of anilines is 1. The minimum atomic E-state index is -0.266. The van der Waals surface area contributed by atoms with Crippen LogP contribution >= 0.6 is 15.9 Å². The van der Waals surface area contributed by atoms with Gasteiger partial charge in [0.25, 0.3) is 0 Å². The summed E-state index contributed by atoms with van der Waals surface area (Å²) in [7, 11) is 0. The number of pyridine rings is 1. The molecule has 3 N–H and O–H groups in total. The average molecular weight is 324 g/mol. The van der Waals surface area contributed by atoms with Gasteiger partial charge in [0.05, 0.1) is 16.7 Å². The van der Waals surface area contributed by atoms with E-state index >= 15 is 0 Å². The minimum absolute atomic E-state index is 0.266. The molecule has 0 amide bonds. The van der Waals surface area contributed by atoms with Gasteiger partial charge in [-0.3, -0.25) is 4.57 Å². The number of nitrogens with zero attached hydrogens (tertiary/aromatic N) is 3. The van der Waals surface area contributed by atoms with E-state index in [9.17, 15) is 4.79 Å². The van der Waals surface area contributed by atoms with Crippen LogP contribution in [0.3, 0.4) is 0 Å². The van der Waals surface area contributed by atoms with Gasteiger partial charge in [0.1, 0.15) is 5.82 Å². The largest absolute Gasteiger partial charge is 0.348 e. The SMILES string of the molecule is Cc1nc(=O)n(Cc2ccnc(NN)c2)c(C)c1Br. The number of rotatable bonds is 3. The Morgan fingerprint density at radius 2 is 2.21 bits per heavy atom. The molecule has 0 saturated carbocycles. The zero-order valence-corrected chi connectivity index (χ0v) is 12.2. The van der Waals surface area contributed by atoms with Crippen LogP contribution in [-0.4, -0.2) is 14.5 Å². The Morgan fingerprint density at radius 1 is 1.47 bits per heavy atom. The standard InChI is InChI=1S/C12H14BrN5O/c1-7-11(13)8(2)18(12(19)16-7)6-9-3-4-15-10(5-9)17-14/h3-5H,6,14H2,1-2H3,(H,15,17). The van der Waals surface area contributed by atoms with E-state index in [2.05, 4.69) is 31.3 Å². The van der Waals surface area contributed by atoms with Crippen molar-refractivity contribution in [3.8, 4) is 0 Å². The number of nitrogens with one attached hydrogen (secondary N) is 1. The average Bonchev–Trinajstić information content (AvgIpc) is 2.41. The molecule has 0 aromatic carbocycles. The van der Waals surface area contributed by atoms with Gasteiger partial charge < -0.3 is 5.43 Å². The van der Waals surface area contributed by atoms with E-state index in [0.717, 1.165) is 15.7 Å². The monoisotopic (exact) mass is 323 g/mol. The van der Waals surface area contributed by atoms with E-state index in [1.807, 2.05) is 13.0 Å². The smallest absolute Gasteiger partial charge is 0.308 e. The lowest BCUT2D eigenvalue weighted by atomic mass is 10.2. The fraction of sp³-hybridized carbons (Fsp3) is 0.250. The van der Waals surface area contributed by atoms with Gasteiger partial charge in [-0.1, -0.05) is 0 Å². The van der Waals surface area contributed by atoms with Gasteiger partial charge in [0.2, 0.25) is 0 Å². The van der Waals surface area contributed by atoms with Crippen LogP contribution in [0.5, 0.6) is 0 Å². The van der Waals surface area contributed by atoms with Crippen molar-refractivity contribution in [2.75, 3.05) is 5.43 Å². The highest BCUT2D eigenvalue weighted by molar-refractivity contribution is 9.10. The van der Waals surface area contributed by atoms with E-state index in [0.29, 0.717) is 18.1 Å². The van der Waals surface area contributed by atoms with Crippen molar-refractivity contribution in [2.24, 2.45) is 5.84 Å². The quantitative estimate of drug-likeness (QED) is 0.657. The Bertz CT molecular complexity index is 668. The lowest BCUT2D eigenvalue weighted by Crippen LogP contribution is -2.27. The molecule has 0 radical (unpaired) electrons. The number of hydrazine groups is 1. The first kappa shape index (κ1) is 13.7. The van der Waals surface area contributed by atoms with Crippen LogP contribution in [0.1, 0.15) is 17.0 Å². The fourth-order valence-corrected chi connectivity index (χ4v) is 2.10. The molecule has 100 valence electrons. The molecule has 0 aliphatic heterocycles. The molecule has 0 atom stereocenters. The Labute approximate surface area is 118 Å². The van der Waals surface area contributed by atoms with Crippen molar-refractivity contribution in [3.05, 3.63) is 50.2 Å². The van der Waals surface area contributed by atoms with Crippen LogP contribution in [0.25, 0.3) is 0 Å². The van der Waals surface area contributed by atoms with E-state index in [4.69, 9.17) is 5.84 Å². The molecule has 0 aliphatic rings. The number of aromatic nitrogens is 3. The molecular weight excluding hydrogens is 310 g/mol. The molecule has 0 bridgehead atoms. The second-order valence-electron chi connectivity index (χ2n) is 4.16. The maximum absolute atomic E-state index is 11.9. The molecule has 2 aromatic rings. The predicted octanol–water partition coefficient (Wildman–Crippen LogP) is 1.35. The number of hydrogen-bond donors (Lipinski definition) is 2. The van der Waals surface area contributed by atoms with E-state index in [1.165, 1.54) is 0 Å². The Balaban J connectivity index is 2.43. The fourth-order valence-electron chi connectivity index (χ4n) is 1.80. The van der Waals surface area contributed by atoms with Crippen molar-refractivity contribution in [2.45, 2.75) is 20.4 Å². The molecular formula is C12H14BrN5O. The second-order valence-corrected chi connectivity index (χ2v) is 4.95. The van der Waals surface area contributed by atoms with Gasteiger partial charge in [-0.25, -0.2) is 15.6 Å². The molecule has 2 heterocycles. The highest BCUT2D eigenvalue weighted by Gasteiger charge is 2.09. The lowest BCUT2D eigenvalue weighted by Gasteiger charge is -2.12. The Morgan fingerprint density at radius 3 is 2.89 bits per heavy atom. The highest BCUT2D eigenvalue weighted by Crippen LogP contribution is 2.17. The van der Waals surface area contributed by atoms with Crippen molar-refractivity contribution in [1.82, 2.24) is 14.5 Å². The molecule has 0 unspecified atom stereocenters. The first-order valence-corrected chi connectivity index (χ1v) is 6.47. The summed E-state index contributed by atoms with van der Waals surface area (Å²) in [5.74, 6) is 5.87. The van der Waals surface area contributed by atoms with E-state index < -0.39 is 0 Å². The van der Waals surface area contributed by atoms with Crippen LogP contribution in [0.15, 0.2) is 27.6 Å². The molecule has 2 aromatic heterocycles. The maximum Gasteiger partial charge on any atom is 0.348 e. The third-order valence-corrected chi connectivity index (χ3v) is 3.99. The van der Waals surface area contributed by atoms with Crippen LogP contribution in [0.2, 0.25) is 0 Å². The zero-order valence-electron chi connectivity index (χ0n) is 10.6. The summed E-state index contributed by atoms with van der Waals surface area (Å²) in [6, 6.07) is 3.63. The Kier molecular flexibility index (Phi) is 3.96. The van der Waals surface area contributed by atoms with Crippen molar-refractivity contribution in [1.29, 1.82) is 0 Å². The minimum Gasteiger partial charge on any atom is -0.308 e. The van der Waals surface area contributed by atoms with Crippen LogP contribution < -0.4 is 17.0 Å². The molecule has 2 rings (SSSR count). The summed E-state index contributed by atoms with van der Waals surface area (Å²) in [4.78, 5) is 20.0. The predicted molar refractivity (Wildman–Crippen MR) is 76.8 cm³/mol. The normalized spacial score (nSPS) is 10.5. The molecule has 0 fully saturated rings. The van der Waals surface area contributed by atoms with Crippen molar-refractivity contribution >= 4 is 21.7 Å². The molecule has 7 heteroatoms. The van der Waals surface area contributed by atoms with Crippen molar-refractivity contribution < 1.29 is 0 Å². The van der Waals surface area contributed by atoms with E-state index in [-0.39, 0.29) is 5.69 Å². The molecule has 6 nitrogen and oxygen atoms in total. The summed E-state index contributed by atoms with van der Waals surface area (Å²) in [6.45, 7) is 4.10. The molecule has 0 saturated heterocycles. The van der Waals surface area contributed by atoms with Gasteiger partial charge in [0.15, 0.2) is 0 Å². The van der Waals surface area contributed by atoms with Gasteiger partial charge in [-0.05, 0) is 47.5 Å². The van der Waals surface area contributed by atoms with Gasteiger partial charge in [0, 0.05) is 11.9 Å². The number of nitrogen functional groups attached to an aromatic ring is 1. The van der Waals surface area contributed by atoms with Crippen LogP contribution in [0, 0.1) is 13.8 Å². The van der Waals surface area contributed by atoms with Crippen molar-refractivity contribution in [3.63, 3.8) is 0 Å². The highest BCUT2D eigenvalue weighted by atomic mass is 79.9. The summed E-state index contributed by atoms with van der Waals surface area (Å²) in [5.41, 5.74) is 4.67. The molecule has 0 aliphatic carbocycles. The third-order valence-electron chi connectivity index (χ3n) is 2.85. The zero-order chi connectivity index (χ0) is 14.0. The first-order chi connectivity index (χ1) is 9.02. The molecule has 19 heavy (non-hydrogen) atoms. The maximum atomic E-state index is 11.9. The number of aryl methyl sites for hydroxylation is 1. The summed E-state index contributed by atoms with van der Waals surface area (Å²) in [6.07, 6.45) is 1.64. The summed E-state index contributed by atoms with van der Waals surface area (Å²) < 4.78 is 2.45. The summed E-state index contributed by atoms with van der Waals surface area (Å²) in [5, 5.41) is 0. The second kappa shape index (κ2) is 5.50. The van der Waals surface area contributed by atoms with Crippen LogP contribution in [0.4, 0.5) is 5.82 Å². The first-order valence-electron chi connectivity index (χ1n) is 5.68. The molecule has 0 spiro atoms. The van der Waals surface area contributed by atoms with Gasteiger partial charge in [-0.15, -0.1) is 0 Å². The van der Waals surface area contributed by atoms with E-state index in [1.54, 1.807) is 23.8 Å². The topological polar surface area (TPSA) is 85.8 Å². The summed E-state index contributed by atoms with van der Waals surface area (Å²) >= 11 is 3.44. The lowest BCUT2D eigenvalue weighted by molar-refractivity contribution is 0.688. The number of hydrogen-bond acceptors (Lipinski definition) is 5. The van der Waals surface area contributed by atoms with Crippen LogP contribution in [-0.2, 0) is 6.54 Å².